The van der Waals surface area contributed by atoms with E-state index in [1.165, 1.54) is 18.5 Å². The largest absolute Gasteiger partial charge is 0.371 e. The van der Waals surface area contributed by atoms with E-state index in [9.17, 15) is 0 Å². The molecule has 0 spiro atoms. The van der Waals surface area contributed by atoms with E-state index in [1.807, 2.05) is 6.92 Å². The first-order valence-electron chi connectivity index (χ1n) is 6.52. The van der Waals surface area contributed by atoms with Gasteiger partial charge in [-0.2, -0.15) is 0 Å². The highest BCUT2D eigenvalue weighted by molar-refractivity contribution is 7.09. The maximum atomic E-state index is 5.79. The molecule has 1 saturated heterocycles. The number of thiazole rings is 1. The van der Waals surface area contributed by atoms with Gasteiger partial charge in [-0.15, -0.1) is 11.3 Å². The summed E-state index contributed by atoms with van der Waals surface area (Å²) in [6, 6.07) is 0.467. The van der Waals surface area contributed by atoms with Crippen molar-refractivity contribution in [3.05, 3.63) is 16.1 Å². The maximum absolute atomic E-state index is 5.79. The van der Waals surface area contributed by atoms with E-state index in [-0.39, 0.29) is 6.10 Å². The van der Waals surface area contributed by atoms with Crippen molar-refractivity contribution < 1.29 is 4.74 Å². The van der Waals surface area contributed by atoms with Gasteiger partial charge in [0.1, 0.15) is 11.1 Å². The molecular formula is C13H22N2OS. The third-order valence-electron chi connectivity index (χ3n) is 3.15. The van der Waals surface area contributed by atoms with E-state index in [4.69, 9.17) is 9.72 Å². The van der Waals surface area contributed by atoms with Gasteiger partial charge >= 0.3 is 0 Å². The number of nitrogens with one attached hydrogen (secondary N) is 1. The van der Waals surface area contributed by atoms with Gasteiger partial charge in [0, 0.05) is 12.0 Å². The van der Waals surface area contributed by atoms with E-state index < -0.39 is 0 Å². The van der Waals surface area contributed by atoms with Crippen LogP contribution in [0.3, 0.4) is 0 Å². The highest BCUT2D eigenvalue weighted by atomic mass is 32.1. The third-order valence-corrected chi connectivity index (χ3v) is 4.08. The quantitative estimate of drug-likeness (QED) is 0.875. The molecule has 0 radical (unpaired) electrons. The first-order valence-corrected chi connectivity index (χ1v) is 7.40. The molecule has 2 heterocycles. The summed E-state index contributed by atoms with van der Waals surface area (Å²) in [5.74, 6) is 0.477. The van der Waals surface area contributed by atoms with Crippen LogP contribution in [0.1, 0.15) is 56.5 Å². The molecule has 2 unspecified atom stereocenters. The summed E-state index contributed by atoms with van der Waals surface area (Å²) in [5, 5.41) is 6.81. The molecule has 3 nitrogen and oxygen atoms in total. The monoisotopic (exact) mass is 254 g/mol. The molecule has 0 amide bonds. The Kier molecular flexibility index (Phi) is 4.54. The summed E-state index contributed by atoms with van der Waals surface area (Å²) < 4.78 is 5.79. The van der Waals surface area contributed by atoms with E-state index in [1.54, 1.807) is 11.3 Å². The molecule has 1 aromatic heterocycles. The zero-order valence-electron chi connectivity index (χ0n) is 10.9. The van der Waals surface area contributed by atoms with Crippen molar-refractivity contribution in [2.75, 3.05) is 13.2 Å². The average molecular weight is 254 g/mol. The van der Waals surface area contributed by atoms with Crippen molar-refractivity contribution in [2.45, 2.75) is 45.8 Å². The number of hydrogen-bond acceptors (Lipinski definition) is 4. The molecule has 1 N–H and O–H groups in total. The number of hydrogen-bond donors (Lipinski definition) is 1. The Morgan fingerprint density at radius 3 is 3.00 bits per heavy atom. The summed E-state index contributed by atoms with van der Waals surface area (Å²) in [6.45, 7) is 8.29. The van der Waals surface area contributed by atoms with Crippen molar-refractivity contribution >= 4 is 11.3 Å². The summed E-state index contributed by atoms with van der Waals surface area (Å²) in [4.78, 5) is 4.76. The normalized spacial score (nSPS) is 22.2. The lowest BCUT2D eigenvalue weighted by atomic mass is 10.1. The van der Waals surface area contributed by atoms with Crippen molar-refractivity contribution in [1.82, 2.24) is 10.3 Å². The highest BCUT2D eigenvalue weighted by Crippen LogP contribution is 2.31. The van der Waals surface area contributed by atoms with E-state index in [2.05, 4.69) is 24.5 Å². The lowest BCUT2D eigenvalue weighted by molar-refractivity contribution is 0.0291. The Bertz CT molecular complexity index is 345. The van der Waals surface area contributed by atoms with Crippen LogP contribution in [0.15, 0.2) is 5.38 Å². The van der Waals surface area contributed by atoms with Crippen LogP contribution < -0.4 is 5.32 Å². The fourth-order valence-corrected chi connectivity index (χ4v) is 3.35. The molecule has 1 fully saturated rings. The number of rotatable bonds is 5. The van der Waals surface area contributed by atoms with Crippen molar-refractivity contribution in [3.8, 4) is 0 Å². The van der Waals surface area contributed by atoms with Crippen LogP contribution in [-0.2, 0) is 4.74 Å². The van der Waals surface area contributed by atoms with Gasteiger partial charge in [-0.1, -0.05) is 13.8 Å². The fourth-order valence-electron chi connectivity index (χ4n) is 2.26. The standard InChI is InChI=1S/C13H22N2OS/c1-4-16-12(9(2)3)13-15-11(8-17-13)10-6-5-7-14-10/h8-10,12,14H,4-7H2,1-3H3. The van der Waals surface area contributed by atoms with Crippen LogP contribution in [0.4, 0.5) is 0 Å². The summed E-state index contributed by atoms with van der Waals surface area (Å²) >= 11 is 1.74. The predicted molar refractivity (Wildman–Crippen MR) is 71.3 cm³/mol. The van der Waals surface area contributed by atoms with Gasteiger partial charge in [-0.05, 0) is 32.2 Å². The molecule has 96 valence electrons. The van der Waals surface area contributed by atoms with Crippen LogP contribution in [-0.4, -0.2) is 18.1 Å². The highest BCUT2D eigenvalue weighted by Gasteiger charge is 2.23. The van der Waals surface area contributed by atoms with Gasteiger partial charge in [0.25, 0.3) is 0 Å². The molecule has 0 saturated carbocycles. The summed E-state index contributed by atoms with van der Waals surface area (Å²) in [7, 11) is 0. The smallest absolute Gasteiger partial charge is 0.122 e. The van der Waals surface area contributed by atoms with E-state index >= 15 is 0 Å². The number of aromatic nitrogens is 1. The lowest BCUT2D eigenvalue weighted by Gasteiger charge is -2.18. The average Bonchev–Trinajstić information content (AvgIpc) is 2.95. The Labute approximate surface area is 108 Å². The van der Waals surface area contributed by atoms with Gasteiger partial charge < -0.3 is 10.1 Å². The summed E-state index contributed by atoms with van der Waals surface area (Å²) in [6.07, 6.45) is 2.63. The first-order chi connectivity index (χ1) is 8.22. The third kappa shape index (κ3) is 3.06. The molecule has 0 aromatic carbocycles. The van der Waals surface area contributed by atoms with E-state index in [0.29, 0.717) is 12.0 Å². The molecule has 1 aliphatic heterocycles. The van der Waals surface area contributed by atoms with Gasteiger partial charge in [0.05, 0.1) is 11.7 Å². The number of ether oxygens (including phenoxy) is 1. The minimum atomic E-state index is 0.153. The van der Waals surface area contributed by atoms with Crippen molar-refractivity contribution in [1.29, 1.82) is 0 Å². The first kappa shape index (κ1) is 13.0. The molecule has 2 rings (SSSR count). The van der Waals surface area contributed by atoms with Crippen LogP contribution >= 0.6 is 11.3 Å². The molecule has 17 heavy (non-hydrogen) atoms. The molecular weight excluding hydrogens is 232 g/mol. The molecule has 0 bridgehead atoms. The Balaban J connectivity index is 2.09. The minimum Gasteiger partial charge on any atom is -0.371 e. The van der Waals surface area contributed by atoms with Crippen LogP contribution in [0, 0.1) is 5.92 Å². The second kappa shape index (κ2) is 5.94. The minimum absolute atomic E-state index is 0.153. The zero-order valence-corrected chi connectivity index (χ0v) is 11.7. The topological polar surface area (TPSA) is 34.1 Å². The Morgan fingerprint density at radius 1 is 1.59 bits per heavy atom. The van der Waals surface area contributed by atoms with Gasteiger partial charge in [0.2, 0.25) is 0 Å². The summed E-state index contributed by atoms with van der Waals surface area (Å²) in [5.41, 5.74) is 1.20. The second-order valence-electron chi connectivity index (χ2n) is 4.88. The molecule has 1 aromatic rings. The SMILES string of the molecule is CCOC(c1nc(C2CCCN2)cs1)C(C)C. The van der Waals surface area contributed by atoms with Gasteiger partial charge in [-0.3, -0.25) is 0 Å². The zero-order chi connectivity index (χ0) is 12.3. The lowest BCUT2D eigenvalue weighted by Crippen LogP contribution is -2.14. The van der Waals surface area contributed by atoms with Crippen LogP contribution in [0.25, 0.3) is 0 Å². The van der Waals surface area contributed by atoms with Crippen LogP contribution in [0.2, 0.25) is 0 Å². The maximum Gasteiger partial charge on any atom is 0.122 e. The Hall–Kier alpha value is -0.450. The van der Waals surface area contributed by atoms with Gasteiger partial charge in [-0.25, -0.2) is 4.98 Å². The Morgan fingerprint density at radius 2 is 2.41 bits per heavy atom. The van der Waals surface area contributed by atoms with Crippen molar-refractivity contribution in [2.24, 2.45) is 5.92 Å². The van der Waals surface area contributed by atoms with Crippen LogP contribution in [0.5, 0.6) is 0 Å². The molecule has 1 aliphatic rings. The van der Waals surface area contributed by atoms with Gasteiger partial charge in [0.15, 0.2) is 0 Å². The molecule has 2 atom stereocenters. The van der Waals surface area contributed by atoms with E-state index in [0.717, 1.165) is 18.2 Å². The van der Waals surface area contributed by atoms with Crippen molar-refractivity contribution in [3.63, 3.8) is 0 Å². The second-order valence-corrected chi connectivity index (χ2v) is 5.77. The fraction of sp³-hybridized carbons (Fsp3) is 0.769. The molecule has 4 heteroatoms. The molecule has 0 aliphatic carbocycles. The predicted octanol–water partition coefficient (Wildman–Crippen LogP) is 3.30. The number of nitrogens with zero attached hydrogens (tertiary/aromatic N) is 1.